The Bertz CT molecular complexity index is 942. The van der Waals surface area contributed by atoms with Crippen molar-refractivity contribution in [3.05, 3.63) is 64.7 Å². The Morgan fingerprint density at radius 2 is 1.93 bits per heavy atom. The summed E-state index contributed by atoms with van der Waals surface area (Å²) in [4.78, 5) is 7.43. The first kappa shape index (κ1) is 18.2. The normalized spacial score (nSPS) is 17.9. The molecule has 1 aliphatic heterocycles. The molecule has 1 unspecified atom stereocenters. The average molecular weight is 365 g/mol. The number of aryl methyl sites for hydroxylation is 3. The van der Waals surface area contributed by atoms with E-state index in [-0.39, 0.29) is 5.82 Å². The molecule has 0 N–H and O–H groups in total. The molecule has 4 heteroatoms. The van der Waals surface area contributed by atoms with E-state index < -0.39 is 0 Å². The van der Waals surface area contributed by atoms with Gasteiger partial charge in [-0.15, -0.1) is 0 Å². The predicted molar refractivity (Wildman–Crippen MR) is 109 cm³/mol. The molecule has 0 radical (unpaired) electrons. The van der Waals surface area contributed by atoms with Crippen LogP contribution in [0.1, 0.15) is 48.3 Å². The Hall–Kier alpha value is -2.20. The van der Waals surface area contributed by atoms with Gasteiger partial charge in [-0.25, -0.2) is 4.39 Å². The van der Waals surface area contributed by atoms with Gasteiger partial charge in [-0.05, 0) is 76.0 Å². The summed E-state index contributed by atoms with van der Waals surface area (Å²) in [5, 5.41) is 0. The van der Waals surface area contributed by atoms with Crippen molar-refractivity contribution in [3.63, 3.8) is 0 Å². The second kappa shape index (κ2) is 7.43. The number of pyridine rings is 1. The van der Waals surface area contributed by atoms with E-state index in [1.165, 1.54) is 40.7 Å². The molecule has 1 aliphatic rings. The van der Waals surface area contributed by atoms with E-state index in [0.717, 1.165) is 31.6 Å². The summed E-state index contributed by atoms with van der Waals surface area (Å²) in [6, 6.07) is 11.7. The largest absolute Gasteiger partial charge is 0.343 e. The highest BCUT2D eigenvalue weighted by molar-refractivity contribution is 5.82. The SMILES string of the molecule is CCc1c(C2CCCN2C)c2nc(C)ccc2n1CCc1ccc(F)cc1. The van der Waals surface area contributed by atoms with Crippen molar-refractivity contribution in [2.24, 2.45) is 0 Å². The molecule has 3 nitrogen and oxygen atoms in total. The zero-order valence-electron chi connectivity index (χ0n) is 16.5. The number of rotatable bonds is 5. The third kappa shape index (κ3) is 3.39. The zero-order chi connectivity index (χ0) is 19.0. The summed E-state index contributed by atoms with van der Waals surface area (Å²) < 4.78 is 15.7. The molecule has 1 saturated heterocycles. The minimum atomic E-state index is -0.175. The lowest BCUT2D eigenvalue weighted by molar-refractivity contribution is 0.317. The standard InChI is InChI=1S/C23H28FN3/c1-4-19-22(20-6-5-14-26(20)3)23-21(12-7-16(2)25-23)27(19)15-13-17-8-10-18(24)11-9-17/h7-12,20H,4-6,13-15H2,1-3H3. The topological polar surface area (TPSA) is 21.1 Å². The van der Waals surface area contributed by atoms with Gasteiger partial charge in [0.1, 0.15) is 5.82 Å². The number of aromatic nitrogens is 2. The quantitative estimate of drug-likeness (QED) is 0.630. The van der Waals surface area contributed by atoms with Crippen molar-refractivity contribution in [2.75, 3.05) is 13.6 Å². The van der Waals surface area contributed by atoms with Gasteiger partial charge < -0.3 is 4.57 Å². The first-order valence-corrected chi connectivity index (χ1v) is 10.0. The third-order valence-electron chi connectivity index (χ3n) is 5.92. The number of hydrogen-bond donors (Lipinski definition) is 0. The van der Waals surface area contributed by atoms with Crippen molar-refractivity contribution >= 4 is 11.0 Å². The van der Waals surface area contributed by atoms with Gasteiger partial charge in [-0.1, -0.05) is 19.1 Å². The Labute approximate surface area is 160 Å². The fourth-order valence-electron chi connectivity index (χ4n) is 4.55. The Kier molecular flexibility index (Phi) is 5.00. The molecular formula is C23H28FN3. The number of nitrogens with zero attached hydrogens (tertiary/aromatic N) is 3. The highest BCUT2D eigenvalue weighted by Gasteiger charge is 2.30. The van der Waals surface area contributed by atoms with Crippen molar-refractivity contribution in [1.82, 2.24) is 14.5 Å². The molecule has 0 aliphatic carbocycles. The van der Waals surface area contributed by atoms with Crippen LogP contribution in [-0.4, -0.2) is 28.0 Å². The Morgan fingerprint density at radius 3 is 2.59 bits per heavy atom. The second-order valence-electron chi connectivity index (χ2n) is 7.70. The number of halogens is 1. The van der Waals surface area contributed by atoms with E-state index in [9.17, 15) is 4.39 Å². The van der Waals surface area contributed by atoms with Crippen LogP contribution >= 0.6 is 0 Å². The summed E-state index contributed by atoms with van der Waals surface area (Å²) in [6.45, 7) is 6.37. The van der Waals surface area contributed by atoms with Crippen LogP contribution in [0.4, 0.5) is 4.39 Å². The van der Waals surface area contributed by atoms with Crippen LogP contribution in [-0.2, 0) is 19.4 Å². The fourth-order valence-corrected chi connectivity index (χ4v) is 4.55. The number of likely N-dealkylation sites (tertiary alicyclic amines) is 1. The van der Waals surface area contributed by atoms with Crippen LogP contribution in [0, 0.1) is 12.7 Å². The van der Waals surface area contributed by atoms with Crippen LogP contribution in [0.5, 0.6) is 0 Å². The minimum Gasteiger partial charge on any atom is -0.343 e. The summed E-state index contributed by atoms with van der Waals surface area (Å²) in [7, 11) is 2.23. The van der Waals surface area contributed by atoms with Crippen LogP contribution < -0.4 is 0 Å². The molecule has 1 atom stereocenters. The lowest BCUT2D eigenvalue weighted by atomic mass is 10.0. The molecule has 0 amide bonds. The molecule has 0 spiro atoms. The van der Waals surface area contributed by atoms with E-state index in [0.29, 0.717) is 6.04 Å². The average Bonchev–Trinajstić information content (AvgIpc) is 3.21. The first-order valence-electron chi connectivity index (χ1n) is 10.0. The number of hydrogen-bond acceptors (Lipinski definition) is 2. The van der Waals surface area contributed by atoms with Gasteiger partial charge in [-0.3, -0.25) is 9.88 Å². The van der Waals surface area contributed by atoms with Gasteiger partial charge >= 0.3 is 0 Å². The van der Waals surface area contributed by atoms with Gasteiger partial charge in [0.2, 0.25) is 0 Å². The first-order chi connectivity index (χ1) is 13.1. The number of fused-ring (bicyclic) bond motifs is 1. The van der Waals surface area contributed by atoms with Gasteiger partial charge in [-0.2, -0.15) is 0 Å². The van der Waals surface area contributed by atoms with Gasteiger partial charge in [0, 0.05) is 29.5 Å². The fraction of sp³-hybridized carbons (Fsp3) is 0.435. The van der Waals surface area contributed by atoms with Crippen molar-refractivity contribution in [2.45, 2.75) is 52.1 Å². The van der Waals surface area contributed by atoms with Gasteiger partial charge in [0.05, 0.1) is 11.0 Å². The molecule has 1 aromatic carbocycles. The van der Waals surface area contributed by atoms with Crippen molar-refractivity contribution in [3.8, 4) is 0 Å². The van der Waals surface area contributed by atoms with Crippen molar-refractivity contribution < 1.29 is 4.39 Å². The van der Waals surface area contributed by atoms with E-state index >= 15 is 0 Å². The van der Waals surface area contributed by atoms with E-state index in [4.69, 9.17) is 4.98 Å². The minimum absolute atomic E-state index is 0.175. The molecule has 27 heavy (non-hydrogen) atoms. The van der Waals surface area contributed by atoms with Crippen LogP contribution in [0.15, 0.2) is 36.4 Å². The van der Waals surface area contributed by atoms with Gasteiger partial charge in [0.25, 0.3) is 0 Å². The van der Waals surface area contributed by atoms with E-state index in [2.05, 4.69) is 42.5 Å². The molecule has 1 fully saturated rings. The summed E-state index contributed by atoms with van der Waals surface area (Å²) >= 11 is 0. The van der Waals surface area contributed by atoms with Crippen molar-refractivity contribution in [1.29, 1.82) is 0 Å². The molecule has 0 saturated carbocycles. The Balaban J connectivity index is 1.78. The molecule has 3 aromatic rings. The summed E-state index contributed by atoms with van der Waals surface area (Å²) in [5.41, 5.74) is 7.47. The molecule has 0 bridgehead atoms. The van der Waals surface area contributed by atoms with Gasteiger partial charge in [0.15, 0.2) is 0 Å². The monoisotopic (exact) mass is 365 g/mol. The molecule has 2 aromatic heterocycles. The maximum Gasteiger partial charge on any atom is 0.123 e. The molecule has 3 heterocycles. The van der Waals surface area contributed by atoms with E-state index in [1.54, 1.807) is 12.1 Å². The third-order valence-corrected chi connectivity index (χ3v) is 5.92. The van der Waals surface area contributed by atoms with Crippen LogP contribution in [0.25, 0.3) is 11.0 Å². The van der Waals surface area contributed by atoms with Crippen LogP contribution in [0.3, 0.4) is 0 Å². The Morgan fingerprint density at radius 1 is 1.15 bits per heavy atom. The highest BCUT2D eigenvalue weighted by Crippen LogP contribution is 2.38. The maximum atomic E-state index is 13.2. The molecular weight excluding hydrogens is 337 g/mol. The smallest absolute Gasteiger partial charge is 0.123 e. The molecule has 4 rings (SSSR count). The summed E-state index contributed by atoms with van der Waals surface area (Å²) in [5.74, 6) is -0.175. The lowest BCUT2D eigenvalue weighted by Gasteiger charge is -2.21. The zero-order valence-corrected chi connectivity index (χ0v) is 16.5. The van der Waals surface area contributed by atoms with E-state index in [1.807, 2.05) is 12.1 Å². The second-order valence-corrected chi connectivity index (χ2v) is 7.70. The molecule has 142 valence electrons. The van der Waals surface area contributed by atoms with Crippen LogP contribution in [0.2, 0.25) is 0 Å². The number of benzene rings is 1. The lowest BCUT2D eigenvalue weighted by Crippen LogP contribution is -2.19. The maximum absolute atomic E-state index is 13.2. The highest BCUT2D eigenvalue weighted by atomic mass is 19.1. The summed E-state index contributed by atoms with van der Waals surface area (Å²) in [6.07, 6.45) is 4.35. The predicted octanol–water partition coefficient (Wildman–Crippen LogP) is 5.06.